The number of rotatable bonds is 4. The number of benzene rings is 1. The van der Waals surface area contributed by atoms with Crippen LogP contribution < -0.4 is 10.1 Å². The van der Waals surface area contributed by atoms with Crippen LogP contribution in [0, 0.1) is 0 Å². The molecule has 2 N–H and O–H groups in total. The molecule has 2 aliphatic heterocycles. The Hall–Kier alpha value is -1.18. The van der Waals surface area contributed by atoms with Crippen molar-refractivity contribution < 1.29 is 14.6 Å². The molecule has 0 radical (unpaired) electrons. The fraction of sp³-hybridized carbons (Fsp3) is 0.500. The van der Waals surface area contributed by atoms with Gasteiger partial charge < -0.3 is 9.84 Å². The number of para-hydroxylation sites is 1. The molecule has 2 heterocycles. The van der Waals surface area contributed by atoms with Gasteiger partial charge in [0.1, 0.15) is 16.3 Å². The molecule has 0 spiro atoms. The predicted octanol–water partition coefficient (Wildman–Crippen LogP) is 2.45. The van der Waals surface area contributed by atoms with Crippen molar-refractivity contribution in [1.29, 1.82) is 0 Å². The summed E-state index contributed by atoms with van der Waals surface area (Å²) in [6.45, 7) is 3.87. The first kappa shape index (κ1) is 16.7. The number of carbonyl (C=O) groups is 1. The number of nitrogens with one attached hydrogen (secondary N) is 1. The highest BCUT2D eigenvalue weighted by molar-refractivity contribution is 8.15. The Morgan fingerprint density at radius 3 is 2.87 bits per heavy atom. The summed E-state index contributed by atoms with van der Waals surface area (Å²) in [5, 5.41) is 13.9. The number of nitrogens with zero attached hydrogens (tertiary/aromatic N) is 1. The largest absolute Gasteiger partial charge is 0.496 e. The summed E-state index contributed by atoms with van der Waals surface area (Å²) >= 11 is 3.36. The second-order valence-electron chi connectivity index (χ2n) is 5.96. The normalized spacial score (nSPS) is 33.5. The monoisotopic (exact) mass is 352 g/mol. The van der Waals surface area contributed by atoms with Crippen LogP contribution in [0.25, 0.3) is 0 Å². The van der Waals surface area contributed by atoms with E-state index in [-0.39, 0.29) is 16.7 Å². The van der Waals surface area contributed by atoms with Gasteiger partial charge in [-0.1, -0.05) is 19.1 Å². The molecule has 1 fully saturated rings. The lowest BCUT2D eigenvalue weighted by Crippen LogP contribution is -2.51. The standard InChI is InChI=1S/C16H20N2O3S2/c1-9-12(14-18-16(2,8-22-14)15(19)20)17-13(23-9)10-6-4-5-7-11(10)21-3/h4-7,9,12,14,18H,8H2,1-3H3,(H,19,20)/t9-,12?,14?,16-/m0/s1. The highest BCUT2D eigenvalue weighted by Gasteiger charge is 2.46. The van der Waals surface area contributed by atoms with Gasteiger partial charge in [-0.3, -0.25) is 15.1 Å². The molecule has 5 nitrogen and oxygen atoms in total. The van der Waals surface area contributed by atoms with E-state index in [0.717, 1.165) is 16.4 Å². The van der Waals surface area contributed by atoms with Crippen molar-refractivity contribution in [2.45, 2.75) is 36.1 Å². The van der Waals surface area contributed by atoms with Crippen molar-refractivity contribution in [2.24, 2.45) is 4.99 Å². The number of carboxylic acids is 1. The van der Waals surface area contributed by atoms with Crippen molar-refractivity contribution in [1.82, 2.24) is 5.32 Å². The van der Waals surface area contributed by atoms with Gasteiger partial charge in [0.25, 0.3) is 0 Å². The smallest absolute Gasteiger partial charge is 0.324 e. The van der Waals surface area contributed by atoms with E-state index in [9.17, 15) is 9.90 Å². The van der Waals surface area contributed by atoms with E-state index in [1.54, 1.807) is 37.6 Å². The molecule has 2 unspecified atom stereocenters. The molecule has 1 aromatic carbocycles. The lowest BCUT2D eigenvalue weighted by atomic mass is 10.1. The van der Waals surface area contributed by atoms with E-state index in [1.807, 2.05) is 24.3 Å². The van der Waals surface area contributed by atoms with Crippen molar-refractivity contribution in [3.8, 4) is 5.75 Å². The lowest BCUT2D eigenvalue weighted by Gasteiger charge is -2.23. The molecule has 0 bridgehead atoms. The highest BCUT2D eigenvalue weighted by Crippen LogP contribution is 2.40. The molecule has 2 aliphatic rings. The topological polar surface area (TPSA) is 70.9 Å². The summed E-state index contributed by atoms with van der Waals surface area (Å²) in [6, 6.07) is 7.90. The minimum Gasteiger partial charge on any atom is -0.496 e. The SMILES string of the molecule is COc1ccccc1C1=NC(C2N[C@](C)(C(=O)O)CS2)[C@H](C)S1. The Labute approximate surface area is 144 Å². The molecule has 0 saturated carbocycles. The maximum atomic E-state index is 11.4. The summed E-state index contributed by atoms with van der Waals surface area (Å²) in [5.74, 6) is 0.564. The predicted molar refractivity (Wildman–Crippen MR) is 95.8 cm³/mol. The molecule has 1 saturated heterocycles. The molecular formula is C16H20N2O3S2. The maximum absolute atomic E-state index is 11.4. The number of aliphatic imine (C=N–C) groups is 1. The minimum absolute atomic E-state index is 0.0193. The van der Waals surface area contributed by atoms with E-state index in [0.29, 0.717) is 5.75 Å². The summed E-state index contributed by atoms with van der Waals surface area (Å²) in [6.07, 6.45) is 0. The van der Waals surface area contributed by atoms with Gasteiger partial charge >= 0.3 is 5.97 Å². The van der Waals surface area contributed by atoms with Crippen LogP contribution in [0.4, 0.5) is 0 Å². The third-order valence-electron chi connectivity index (χ3n) is 4.18. The third kappa shape index (κ3) is 3.09. The number of hydrogen-bond acceptors (Lipinski definition) is 6. The average molecular weight is 352 g/mol. The van der Waals surface area contributed by atoms with Gasteiger partial charge in [-0.05, 0) is 19.1 Å². The Kier molecular flexibility index (Phi) is 4.62. The van der Waals surface area contributed by atoms with E-state index in [1.165, 1.54) is 0 Å². The number of thioether (sulfide) groups is 2. The van der Waals surface area contributed by atoms with Crippen molar-refractivity contribution in [2.75, 3.05) is 12.9 Å². The molecule has 0 aliphatic carbocycles. The van der Waals surface area contributed by atoms with Gasteiger partial charge in [-0.15, -0.1) is 23.5 Å². The molecule has 4 atom stereocenters. The zero-order valence-electron chi connectivity index (χ0n) is 13.3. The number of ether oxygens (including phenoxy) is 1. The van der Waals surface area contributed by atoms with Crippen LogP contribution in [0.5, 0.6) is 5.75 Å². The Balaban J connectivity index is 1.83. The van der Waals surface area contributed by atoms with E-state index < -0.39 is 11.5 Å². The number of methoxy groups -OCH3 is 1. The van der Waals surface area contributed by atoms with Crippen LogP contribution in [0.3, 0.4) is 0 Å². The average Bonchev–Trinajstić information content (AvgIpc) is 3.11. The Morgan fingerprint density at radius 1 is 1.48 bits per heavy atom. The van der Waals surface area contributed by atoms with E-state index >= 15 is 0 Å². The van der Waals surface area contributed by atoms with Gasteiger partial charge in [-0.25, -0.2) is 0 Å². The van der Waals surface area contributed by atoms with Crippen LogP contribution in [0.1, 0.15) is 19.4 Å². The third-order valence-corrected chi connectivity index (χ3v) is 6.88. The quantitative estimate of drug-likeness (QED) is 0.867. The summed E-state index contributed by atoms with van der Waals surface area (Å²) in [4.78, 5) is 16.3. The van der Waals surface area contributed by atoms with Crippen LogP contribution in [-0.4, -0.2) is 51.2 Å². The molecule has 0 amide bonds. The second kappa shape index (κ2) is 6.37. The zero-order chi connectivity index (χ0) is 16.6. The fourth-order valence-electron chi connectivity index (χ4n) is 2.75. The van der Waals surface area contributed by atoms with Gasteiger partial charge in [-0.2, -0.15) is 0 Å². The van der Waals surface area contributed by atoms with Gasteiger partial charge in [0.15, 0.2) is 0 Å². The Bertz CT molecular complexity index is 652. The van der Waals surface area contributed by atoms with Crippen molar-refractivity contribution in [3.05, 3.63) is 29.8 Å². The Morgan fingerprint density at radius 2 is 2.22 bits per heavy atom. The first-order valence-electron chi connectivity index (χ1n) is 7.45. The van der Waals surface area contributed by atoms with Crippen LogP contribution >= 0.6 is 23.5 Å². The van der Waals surface area contributed by atoms with Crippen LogP contribution in [0.2, 0.25) is 0 Å². The van der Waals surface area contributed by atoms with Crippen molar-refractivity contribution in [3.63, 3.8) is 0 Å². The van der Waals surface area contributed by atoms with Gasteiger partial charge in [0.2, 0.25) is 0 Å². The molecule has 0 aromatic heterocycles. The number of hydrogen-bond donors (Lipinski definition) is 2. The highest BCUT2D eigenvalue weighted by atomic mass is 32.2. The van der Waals surface area contributed by atoms with Gasteiger partial charge in [0, 0.05) is 16.6 Å². The van der Waals surface area contributed by atoms with Gasteiger partial charge in [0.05, 0.1) is 18.5 Å². The maximum Gasteiger partial charge on any atom is 0.324 e. The summed E-state index contributed by atoms with van der Waals surface area (Å²) < 4.78 is 5.43. The molecular weight excluding hydrogens is 332 g/mol. The van der Waals surface area contributed by atoms with E-state index in [2.05, 4.69) is 12.2 Å². The summed E-state index contributed by atoms with van der Waals surface area (Å²) in [5.41, 5.74) is 0.126. The van der Waals surface area contributed by atoms with Crippen molar-refractivity contribution >= 4 is 34.5 Å². The zero-order valence-corrected chi connectivity index (χ0v) is 14.9. The van der Waals surface area contributed by atoms with Crippen LogP contribution in [-0.2, 0) is 4.79 Å². The molecule has 3 rings (SSSR count). The second-order valence-corrected chi connectivity index (χ2v) is 8.46. The molecule has 23 heavy (non-hydrogen) atoms. The lowest BCUT2D eigenvalue weighted by molar-refractivity contribution is -0.142. The number of aliphatic carboxylic acids is 1. The van der Waals surface area contributed by atoms with Crippen LogP contribution in [0.15, 0.2) is 29.3 Å². The molecule has 124 valence electrons. The molecule has 7 heteroatoms. The van der Waals surface area contributed by atoms with E-state index in [4.69, 9.17) is 9.73 Å². The number of carboxylic acid groups (broad SMARTS) is 1. The fourth-order valence-corrected chi connectivity index (χ4v) is 5.59. The summed E-state index contributed by atoms with van der Waals surface area (Å²) in [7, 11) is 1.66. The first-order chi connectivity index (χ1) is 10.9. The molecule has 1 aromatic rings. The first-order valence-corrected chi connectivity index (χ1v) is 9.38. The minimum atomic E-state index is -0.873.